The van der Waals surface area contributed by atoms with E-state index in [1.165, 1.54) is 7.11 Å². The van der Waals surface area contributed by atoms with E-state index >= 15 is 0 Å². The number of carbonyl (C=O) groups excluding carboxylic acids is 2. The van der Waals surface area contributed by atoms with Crippen LogP contribution in [0.5, 0.6) is 0 Å². The van der Waals surface area contributed by atoms with E-state index in [2.05, 4.69) is 6.08 Å². The van der Waals surface area contributed by atoms with E-state index in [0.29, 0.717) is 6.42 Å². The molecule has 1 saturated carbocycles. The number of ether oxygens (including phenoxy) is 1. The zero-order valence-corrected chi connectivity index (χ0v) is 13.1. The average Bonchev–Trinajstić information content (AvgIpc) is 2.89. The highest BCUT2D eigenvalue weighted by atomic mass is 32.2. The fourth-order valence-electron chi connectivity index (χ4n) is 2.77. The molecule has 3 nitrogen and oxygen atoms in total. The van der Waals surface area contributed by atoms with E-state index in [1.54, 1.807) is 11.8 Å². The summed E-state index contributed by atoms with van der Waals surface area (Å²) in [5.41, 5.74) is 0. The second-order valence-corrected chi connectivity index (χ2v) is 6.34. The molecule has 0 amide bonds. The second kappa shape index (κ2) is 7.46. The normalized spacial score (nSPS) is 23.4. The van der Waals surface area contributed by atoms with Crippen LogP contribution >= 0.6 is 11.8 Å². The molecule has 0 aromatic heterocycles. The van der Waals surface area contributed by atoms with Crippen molar-refractivity contribution in [1.29, 1.82) is 0 Å². The largest absolute Gasteiger partial charge is 0.468 e. The van der Waals surface area contributed by atoms with Gasteiger partial charge in [-0.3, -0.25) is 9.59 Å². The Morgan fingerprint density at radius 1 is 1.38 bits per heavy atom. The molecule has 0 aliphatic heterocycles. The number of methoxy groups -OCH3 is 1. The lowest BCUT2D eigenvalue weighted by atomic mass is 9.92. The van der Waals surface area contributed by atoms with Crippen molar-refractivity contribution in [2.45, 2.75) is 29.9 Å². The quantitative estimate of drug-likeness (QED) is 0.361. The topological polar surface area (TPSA) is 43.4 Å². The van der Waals surface area contributed by atoms with Crippen molar-refractivity contribution in [3.05, 3.63) is 42.5 Å². The smallest absolute Gasteiger partial charge is 0.316 e. The molecule has 1 aliphatic rings. The number of esters is 1. The number of thioether (sulfide) groups is 1. The van der Waals surface area contributed by atoms with E-state index in [9.17, 15) is 9.59 Å². The van der Waals surface area contributed by atoms with Crippen molar-refractivity contribution >= 4 is 23.5 Å². The Morgan fingerprint density at radius 2 is 2.10 bits per heavy atom. The maximum absolute atomic E-state index is 12.0. The molecular formula is C17H20O3S. The number of carbonyl (C=O) groups is 2. The van der Waals surface area contributed by atoms with E-state index in [4.69, 9.17) is 4.74 Å². The van der Waals surface area contributed by atoms with Gasteiger partial charge in [0, 0.05) is 16.6 Å². The molecule has 2 rings (SSSR count). The summed E-state index contributed by atoms with van der Waals surface area (Å²) in [5.74, 6) is -1.00. The molecule has 1 aromatic rings. The first-order chi connectivity index (χ1) is 10.2. The van der Waals surface area contributed by atoms with Crippen LogP contribution in [-0.4, -0.2) is 24.1 Å². The van der Waals surface area contributed by atoms with Crippen LogP contribution in [-0.2, 0) is 14.3 Å². The predicted molar refractivity (Wildman–Crippen MR) is 84.1 cm³/mol. The van der Waals surface area contributed by atoms with Gasteiger partial charge in [0.05, 0.1) is 7.11 Å². The van der Waals surface area contributed by atoms with E-state index in [1.807, 2.05) is 43.3 Å². The molecule has 4 heteroatoms. The lowest BCUT2D eigenvalue weighted by Gasteiger charge is -2.23. The van der Waals surface area contributed by atoms with Crippen molar-refractivity contribution in [2.75, 3.05) is 7.11 Å². The number of hydrogen-bond donors (Lipinski definition) is 0. The molecule has 0 heterocycles. The Morgan fingerprint density at radius 3 is 2.71 bits per heavy atom. The van der Waals surface area contributed by atoms with Crippen LogP contribution in [0.3, 0.4) is 0 Å². The van der Waals surface area contributed by atoms with Gasteiger partial charge < -0.3 is 4.74 Å². The summed E-state index contributed by atoms with van der Waals surface area (Å²) in [6, 6.07) is 10.1. The first-order valence-electron chi connectivity index (χ1n) is 7.12. The van der Waals surface area contributed by atoms with Crippen molar-refractivity contribution in [1.82, 2.24) is 0 Å². The van der Waals surface area contributed by atoms with Crippen LogP contribution in [0.25, 0.3) is 0 Å². The summed E-state index contributed by atoms with van der Waals surface area (Å²) >= 11 is 1.70. The van der Waals surface area contributed by atoms with Crippen LogP contribution in [0.15, 0.2) is 47.4 Å². The highest BCUT2D eigenvalue weighted by molar-refractivity contribution is 8.00. The summed E-state index contributed by atoms with van der Waals surface area (Å²) in [6.07, 6.45) is 5.27. The summed E-state index contributed by atoms with van der Waals surface area (Å²) < 4.78 is 4.82. The SMILES string of the molecule is C/C=C/C(Sc1ccccc1)C1CCC(=O)C1C(=O)OC. The lowest BCUT2D eigenvalue weighted by Crippen LogP contribution is -2.31. The Balaban J connectivity index is 2.21. The average molecular weight is 304 g/mol. The van der Waals surface area contributed by atoms with Gasteiger partial charge in [0.1, 0.15) is 11.7 Å². The number of allylic oxidation sites excluding steroid dienone is 1. The van der Waals surface area contributed by atoms with E-state index in [0.717, 1.165) is 11.3 Å². The van der Waals surface area contributed by atoms with Gasteiger partial charge in [-0.25, -0.2) is 0 Å². The van der Waals surface area contributed by atoms with Gasteiger partial charge in [-0.1, -0.05) is 30.4 Å². The number of benzene rings is 1. The number of rotatable bonds is 5. The van der Waals surface area contributed by atoms with Crippen LogP contribution < -0.4 is 0 Å². The summed E-state index contributed by atoms with van der Waals surface area (Å²) in [5, 5.41) is 0.105. The first-order valence-corrected chi connectivity index (χ1v) is 8.00. The van der Waals surface area contributed by atoms with E-state index in [-0.39, 0.29) is 17.0 Å². The molecule has 0 bridgehead atoms. The molecule has 112 valence electrons. The minimum Gasteiger partial charge on any atom is -0.468 e. The molecular weight excluding hydrogens is 284 g/mol. The molecule has 1 aliphatic carbocycles. The van der Waals surface area contributed by atoms with Crippen LogP contribution in [0, 0.1) is 11.8 Å². The lowest BCUT2D eigenvalue weighted by molar-refractivity contribution is -0.149. The Labute approximate surface area is 129 Å². The van der Waals surface area contributed by atoms with Gasteiger partial charge in [0.2, 0.25) is 0 Å². The van der Waals surface area contributed by atoms with Crippen molar-refractivity contribution in [3.8, 4) is 0 Å². The zero-order valence-electron chi connectivity index (χ0n) is 12.3. The molecule has 1 fully saturated rings. The van der Waals surface area contributed by atoms with Gasteiger partial charge in [0.15, 0.2) is 0 Å². The fourth-order valence-corrected chi connectivity index (χ4v) is 4.10. The van der Waals surface area contributed by atoms with Gasteiger partial charge in [-0.05, 0) is 31.4 Å². The number of ketones is 1. The minimum atomic E-state index is -0.618. The standard InChI is InChI=1S/C17H20O3S/c1-3-7-15(21-12-8-5-4-6-9-12)13-10-11-14(18)16(13)17(19)20-2/h3-9,13,15-16H,10-11H2,1-2H3/b7-3+. The third-order valence-corrected chi connectivity index (χ3v) is 5.10. The molecule has 21 heavy (non-hydrogen) atoms. The maximum Gasteiger partial charge on any atom is 0.316 e. The van der Waals surface area contributed by atoms with Crippen LogP contribution in [0.2, 0.25) is 0 Å². The molecule has 3 atom stereocenters. The second-order valence-electron chi connectivity index (χ2n) is 5.09. The Kier molecular flexibility index (Phi) is 5.62. The molecule has 3 unspecified atom stereocenters. The maximum atomic E-state index is 12.0. The summed E-state index contributed by atoms with van der Waals surface area (Å²) in [4.78, 5) is 25.1. The van der Waals surface area contributed by atoms with Gasteiger partial charge in [0.25, 0.3) is 0 Å². The molecule has 0 N–H and O–H groups in total. The van der Waals surface area contributed by atoms with Crippen LogP contribution in [0.1, 0.15) is 19.8 Å². The zero-order chi connectivity index (χ0) is 15.2. The summed E-state index contributed by atoms with van der Waals surface area (Å²) in [6.45, 7) is 1.96. The highest BCUT2D eigenvalue weighted by Crippen LogP contribution is 2.40. The van der Waals surface area contributed by atoms with Crippen molar-refractivity contribution in [2.24, 2.45) is 11.8 Å². The van der Waals surface area contributed by atoms with Crippen molar-refractivity contribution in [3.63, 3.8) is 0 Å². The van der Waals surface area contributed by atoms with Gasteiger partial charge in [-0.15, -0.1) is 11.8 Å². The first kappa shape index (κ1) is 15.8. The monoisotopic (exact) mass is 304 g/mol. The number of Topliss-reactive ketones (excluding diaryl/α,β-unsaturated/α-hetero) is 1. The Bertz CT molecular complexity index is 524. The molecule has 0 radical (unpaired) electrons. The van der Waals surface area contributed by atoms with Gasteiger partial charge >= 0.3 is 5.97 Å². The fraction of sp³-hybridized carbons (Fsp3) is 0.412. The van der Waals surface area contributed by atoms with Crippen molar-refractivity contribution < 1.29 is 14.3 Å². The summed E-state index contributed by atoms with van der Waals surface area (Å²) in [7, 11) is 1.35. The highest BCUT2D eigenvalue weighted by Gasteiger charge is 2.44. The number of hydrogen-bond acceptors (Lipinski definition) is 4. The van der Waals surface area contributed by atoms with Crippen LogP contribution in [0.4, 0.5) is 0 Å². The predicted octanol–water partition coefficient (Wildman–Crippen LogP) is 3.49. The van der Waals surface area contributed by atoms with E-state index < -0.39 is 11.9 Å². The third-order valence-electron chi connectivity index (χ3n) is 3.77. The molecule has 0 saturated heterocycles. The molecule has 0 spiro atoms. The minimum absolute atomic E-state index is 0.00589. The Hall–Kier alpha value is -1.55. The van der Waals surface area contributed by atoms with Gasteiger partial charge in [-0.2, -0.15) is 0 Å². The third kappa shape index (κ3) is 3.76. The molecule has 1 aromatic carbocycles.